The van der Waals surface area contributed by atoms with Crippen LogP contribution in [0.2, 0.25) is 0 Å². The molecule has 0 spiro atoms. The molecule has 6 nitrogen and oxygen atoms in total. The van der Waals surface area contributed by atoms with E-state index in [1.807, 2.05) is 23.6 Å². The van der Waals surface area contributed by atoms with Crippen molar-refractivity contribution in [1.82, 2.24) is 14.8 Å². The fourth-order valence-corrected chi connectivity index (χ4v) is 3.26. The SMILES string of the molecule is CN(c1ccc(F)cc1)c1nnc(N2CCC(CCO)CC2)n1C. The van der Waals surface area contributed by atoms with Crippen molar-refractivity contribution in [3.63, 3.8) is 0 Å². The largest absolute Gasteiger partial charge is 0.396 e. The van der Waals surface area contributed by atoms with Crippen LogP contribution in [0.4, 0.5) is 22.0 Å². The highest BCUT2D eigenvalue weighted by atomic mass is 19.1. The zero-order chi connectivity index (χ0) is 17.1. The molecule has 0 amide bonds. The van der Waals surface area contributed by atoms with Gasteiger partial charge in [0, 0.05) is 39.5 Å². The van der Waals surface area contributed by atoms with Gasteiger partial charge in [0.1, 0.15) is 5.82 Å². The number of nitrogens with zero attached hydrogens (tertiary/aromatic N) is 5. The average Bonchev–Trinajstić information content (AvgIpc) is 2.97. The second-order valence-corrected chi connectivity index (χ2v) is 6.34. The fourth-order valence-electron chi connectivity index (χ4n) is 3.26. The molecule has 0 bridgehead atoms. The molecule has 0 radical (unpaired) electrons. The highest BCUT2D eigenvalue weighted by Gasteiger charge is 2.24. The molecule has 0 aliphatic carbocycles. The summed E-state index contributed by atoms with van der Waals surface area (Å²) in [4.78, 5) is 4.14. The van der Waals surface area contributed by atoms with Gasteiger partial charge in [-0.15, -0.1) is 10.2 Å². The minimum absolute atomic E-state index is 0.253. The summed E-state index contributed by atoms with van der Waals surface area (Å²) in [5.74, 6) is 1.91. The maximum absolute atomic E-state index is 13.1. The third-order valence-corrected chi connectivity index (χ3v) is 4.78. The van der Waals surface area contributed by atoms with Crippen molar-refractivity contribution in [3.8, 4) is 0 Å². The first-order chi connectivity index (χ1) is 11.6. The Bertz CT molecular complexity index is 664. The lowest BCUT2D eigenvalue weighted by Gasteiger charge is -2.32. The summed E-state index contributed by atoms with van der Waals surface area (Å²) in [6, 6.07) is 6.33. The normalized spacial score (nSPS) is 15.8. The third-order valence-electron chi connectivity index (χ3n) is 4.78. The molecule has 2 heterocycles. The van der Waals surface area contributed by atoms with Gasteiger partial charge in [0.2, 0.25) is 11.9 Å². The number of hydrogen-bond donors (Lipinski definition) is 1. The zero-order valence-corrected chi connectivity index (χ0v) is 14.2. The van der Waals surface area contributed by atoms with Crippen LogP contribution >= 0.6 is 0 Å². The second-order valence-electron chi connectivity index (χ2n) is 6.34. The summed E-state index contributed by atoms with van der Waals surface area (Å²) >= 11 is 0. The van der Waals surface area contributed by atoms with E-state index in [0.29, 0.717) is 11.9 Å². The predicted molar refractivity (Wildman–Crippen MR) is 92.1 cm³/mol. The Balaban J connectivity index is 1.73. The molecule has 7 heteroatoms. The van der Waals surface area contributed by atoms with Crippen LogP contribution in [0.5, 0.6) is 0 Å². The molecule has 1 saturated heterocycles. The van der Waals surface area contributed by atoms with Gasteiger partial charge in [-0.25, -0.2) is 4.39 Å². The first-order valence-corrected chi connectivity index (χ1v) is 8.34. The molecule has 1 aliphatic heterocycles. The van der Waals surface area contributed by atoms with Crippen molar-refractivity contribution in [2.24, 2.45) is 13.0 Å². The summed E-state index contributed by atoms with van der Waals surface area (Å²) in [6.07, 6.45) is 3.01. The van der Waals surface area contributed by atoms with E-state index < -0.39 is 0 Å². The van der Waals surface area contributed by atoms with Crippen LogP contribution in [-0.2, 0) is 7.05 Å². The van der Waals surface area contributed by atoms with Gasteiger partial charge < -0.3 is 14.9 Å². The molecule has 0 saturated carbocycles. The number of anilines is 3. The molecule has 0 unspecified atom stereocenters. The molecular weight excluding hydrogens is 309 g/mol. The highest BCUT2D eigenvalue weighted by molar-refractivity contribution is 5.57. The Morgan fingerprint density at radius 1 is 1.21 bits per heavy atom. The Labute approximate surface area is 141 Å². The summed E-state index contributed by atoms with van der Waals surface area (Å²) in [5.41, 5.74) is 0.861. The van der Waals surface area contributed by atoms with E-state index in [9.17, 15) is 4.39 Å². The summed E-state index contributed by atoms with van der Waals surface area (Å²) < 4.78 is 15.1. The van der Waals surface area contributed by atoms with Crippen molar-refractivity contribution in [2.75, 3.05) is 36.5 Å². The number of benzene rings is 1. The van der Waals surface area contributed by atoms with Gasteiger partial charge in [-0.3, -0.25) is 4.57 Å². The maximum Gasteiger partial charge on any atom is 0.232 e. The number of piperidine rings is 1. The van der Waals surface area contributed by atoms with E-state index in [-0.39, 0.29) is 12.4 Å². The number of aromatic nitrogens is 3. The highest BCUT2D eigenvalue weighted by Crippen LogP contribution is 2.28. The van der Waals surface area contributed by atoms with Gasteiger partial charge in [-0.2, -0.15) is 0 Å². The quantitative estimate of drug-likeness (QED) is 0.910. The van der Waals surface area contributed by atoms with Gasteiger partial charge in [0.25, 0.3) is 0 Å². The monoisotopic (exact) mass is 333 g/mol. The lowest BCUT2D eigenvalue weighted by atomic mass is 9.94. The lowest BCUT2D eigenvalue weighted by Crippen LogP contribution is -2.35. The van der Waals surface area contributed by atoms with Crippen LogP contribution in [0.1, 0.15) is 19.3 Å². The van der Waals surface area contributed by atoms with Gasteiger partial charge in [-0.05, 0) is 49.4 Å². The first-order valence-electron chi connectivity index (χ1n) is 8.34. The topological polar surface area (TPSA) is 57.4 Å². The molecule has 1 N–H and O–H groups in total. The van der Waals surface area contributed by atoms with Gasteiger partial charge in [0.05, 0.1) is 0 Å². The molecule has 1 aromatic carbocycles. The first kappa shape index (κ1) is 16.7. The lowest BCUT2D eigenvalue weighted by molar-refractivity contribution is 0.240. The number of hydrogen-bond acceptors (Lipinski definition) is 5. The van der Waals surface area contributed by atoms with Gasteiger partial charge in [0.15, 0.2) is 0 Å². The van der Waals surface area contributed by atoms with E-state index in [1.54, 1.807) is 12.1 Å². The standard InChI is InChI=1S/C17H24FN5O/c1-21(15-5-3-14(18)4-6-15)16-19-20-17(22(16)2)23-10-7-13(8-11-23)9-12-24/h3-6,13,24H,7-12H2,1-2H3. The fraction of sp³-hybridized carbons (Fsp3) is 0.529. The van der Waals surface area contributed by atoms with Gasteiger partial charge >= 0.3 is 0 Å². The van der Waals surface area contributed by atoms with Crippen LogP contribution in [0, 0.1) is 11.7 Å². The number of aliphatic hydroxyl groups excluding tert-OH is 1. The molecule has 24 heavy (non-hydrogen) atoms. The molecular formula is C17H24FN5O. The summed E-state index contributed by atoms with van der Waals surface area (Å²) in [6.45, 7) is 2.12. The smallest absolute Gasteiger partial charge is 0.232 e. The average molecular weight is 333 g/mol. The molecule has 3 rings (SSSR count). The van der Waals surface area contributed by atoms with Gasteiger partial charge in [-0.1, -0.05) is 0 Å². The number of rotatable bonds is 5. The van der Waals surface area contributed by atoms with E-state index in [1.165, 1.54) is 12.1 Å². The number of halogens is 1. The van der Waals surface area contributed by atoms with E-state index in [4.69, 9.17) is 5.11 Å². The van der Waals surface area contributed by atoms with Crippen LogP contribution in [0.15, 0.2) is 24.3 Å². The Morgan fingerprint density at radius 2 is 1.88 bits per heavy atom. The summed E-state index contributed by atoms with van der Waals surface area (Å²) in [5, 5.41) is 17.7. The van der Waals surface area contributed by atoms with Crippen molar-refractivity contribution in [3.05, 3.63) is 30.1 Å². The van der Waals surface area contributed by atoms with E-state index in [0.717, 1.165) is 44.0 Å². The number of aliphatic hydroxyl groups is 1. The Hall–Kier alpha value is -2.15. The molecule has 1 aromatic heterocycles. The van der Waals surface area contributed by atoms with Crippen molar-refractivity contribution < 1.29 is 9.50 Å². The maximum atomic E-state index is 13.1. The molecule has 1 fully saturated rings. The van der Waals surface area contributed by atoms with Crippen molar-refractivity contribution in [1.29, 1.82) is 0 Å². The minimum atomic E-state index is -0.253. The van der Waals surface area contributed by atoms with Crippen LogP contribution < -0.4 is 9.80 Å². The predicted octanol–water partition coefficient (Wildman–Crippen LogP) is 2.32. The molecule has 130 valence electrons. The minimum Gasteiger partial charge on any atom is -0.396 e. The molecule has 0 atom stereocenters. The summed E-state index contributed by atoms with van der Waals surface area (Å²) in [7, 11) is 3.85. The zero-order valence-electron chi connectivity index (χ0n) is 14.2. The second kappa shape index (κ2) is 7.17. The van der Waals surface area contributed by atoms with Crippen molar-refractivity contribution >= 4 is 17.6 Å². The van der Waals surface area contributed by atoms with Crippen LogP contribution in [0.25, 0.3) is 0 Å². The van der Waals surface area contributed by atoms with Crippen molar-refractivity contribution in [2.45, 2.75) is 19.3 Å². The Kier molecular flexibility index (Phi) is 4.99. The molecule has 1 aliphatic rings. The van der Waals surface area contributed by atoms with E-state index in [2.05, 4.69) is 15.1 Å². The third kappa shape index (κ3) is 3.36. The molecule has 2 aromatic rings. The van der Waals surface area contributed by atoms with E-state index >= 15 is 0 Å². The Morgan fingerprint density at radius 3 is 2.50 bits per heavy atom. The van der Waals surface area contributed by atoms with Crippen LogP contribution in [-0.4, -0.2) is 46.6 Å². The van der Waals surface area contributed by atoms with Crippen LogP contribution in [0.3, 0.4) is 0 Å².